The summed E-state index contributed by atoms with van der Waals surface area (Å²) < 4.78 is 9.88. The zero-order valence-electron chi connectivity index (χ0n) is 13.5. The van der Waals surface area contributed by atoms with Gasteiger partial charge in [-0.3, -0.25) is 14.5 Å². The Morgan fingerprint density at radius 1 is 1.43 bits per heavy atom. The van der Waals surface area contributed by atoms with Crippen molar-refractivity contribution >= 4 is 17.8 Å². The second kappa shape index (κ2) is 7.09. The quantitative estimate of drug-likeness (QED) is 0.359. The number of nitrogens with zero attached hydrogens (tertiary/aromatic N) is 3. The van der Waals surface area contributed by atoms with Crippen LogP contribution in [0.1, 0.15) is 40.5 Å². The molecule has 0 aromatic carbocycles. The Labute approximate surface area is 133 Å². The molecule has 1 fully saturated rings. The summed E-state index contributed by atoms with van der Waals surface area (Å²) in [7, 11) is 0. The Kier molecular flexibility index (Phi) is 5.68. The molecule has 1 heterocycles. The van der Waals surface area contributed by atoms with E-state index in [9.17, 15) is 19.5 Å². The van der Waals surface area contributed by atoms with Crippen LogP contribution in [0.3, 0.4) is 0 Å². The Morgan fingerprint density at radius 3 is 2.52 bits per heavy atom. The van der Waals surface area contributed by atoms with Gasteiger partial charge in [-0.25, -0.2) is 4.79 Å². The lowest BCUT2D eigenvalue weighted by molar-refractivity contribution is -0.165. The first kappa shape index (κ1) is 18.4. The van der Waals surface area contributed by atoms with Crippen LogP contribution in [0, 0.1) is 5.39 Å². The molecular formula is C14H20N3O6+. The number of rotatable bonds is 4. The normalized spacial score (nSPS) is 19.0. The molecule has 0 aliphatic carbocycles. The summed E-state index contributed by atoms with van der Waals surface area (Å²) in [6.07, 6.45) is 0.0529. The van der Waals surface area contributed by atoms with Gasteiger partial charge in [-0.05, 0) is 34.1 Å². The van der Waals surface area contributed by atoms with E-state index in [1.54, 1.807) is 27.7 Å². The van der Waals surface area contributed by atoms with E-state index in [1.165, 1.54) is 0 Å². The molecule has 1 saturated heterocycles. The van der Waals surface area contributed by atoms with Crippen molar-refractivity contribution in [2.75, 3.05) is 6.61 Å². The second-order valence-electron chi connectivity index (χ2n) is 5.84. The van der Waals surface area contributed by atoms with Crippen molar-refractivity contribution in [1.29, 1.82) is 5.39 Å². The van der Waals surface area contributed by atoms with Gasteiger partial charge >= 0.3 is 23.5 Å². The van der Waals surface area contributed by atoms with Gasteiger partial charge in [0.1, 0.15) is 11.6 Å². The molecule has 1 rings (SSSR count). The molecule has 0 bridgehead atoms. The van der Waals surface area contributed by atoms with Crippen molar-refractivity contribution in [3.63, 3.8) is 0 Å². The summed E-state index contributed by atoms with van der Waals surface area (Å²) >= 11 is 0. The Bertz CT molecular complexity index is 584. The SMILES string of the molecule is CCO/C(O)=C(\[N+]#N)C(=O)N1C(=O)CCC1C(=O)OC(C)(C)C. The van der Waals surface area contributed by atoms with Gasteiger partial charge in [0, 0.05) is 6.42 Å². The smallest absolute Gasteiger partial charge is 0.475 e. The van der Waals surface area contributed by atoms with Gasteiger partial charge < -0.3 is 14.6 Å². The average Bonchev–Trinajstić information content (AvgIpc) is 2.79. The largest absolute Gasteiger partial charge is 0.528 e. The van der Waals surface area contributed by atoms with Gasteiger partial charge in [0.25, 0.3) is 0 Å². The number of aliphatic hydroxyl groups is 1. The van der Waals surface area contributed by atoms with Crippen LogP contribution in [0.25, 0.3) is 4.98 Å². The minimum Gasteiger partial charge on any atom is -0.475 e. The average molecular weight is 326 g/mol. The number of likely N-dealkylation sites (tertiary alicyclic amines) is 1. The third kappa shape index (κ3) is 4.42. The molecule has 0 aromatic rings. The number of diazo groups is 1. The summed E-state index contributed by atoms with van der Waals surface area (Å²) in [6.45, 7) is 6.52. The lowest BCUT2D eigenvalue weighted by atomic mass is 10.1. The van der Waals surface area contributed by atoms with Crippen molar-refractivity contribution in [2.45, 2.75) is 52.2 Å². The summed E-state index contributed by atoms with van der Waals surface area (Å²) in [6, 6.07) is -1.14. The Balaban J connectivity index is 3.09. The fraction of sp³-hybridized carbons (Fsp3) is 0.643. The number of amides is 2. The van der Waals surface area contributed by atoms with Crippen LogP contribution in [0.15, 0.2) is 11.6 Å². The summed E-state index contributed by atoms with van der Waals surface area (Å²) in [5, 5.41) is 18.5. The molecule has 0 aromatic heterocycles. The van der Waals surface area contributed by atoms with Crippen LogP contribution in [-0.2, 0) is 23.9 Å². The highest BCUT2D eigenvalue weighted by atomic mass is 16.6. The summed E-state index contributed by atoms with van der Waals surface area (Å²) in [4.78, 5) is 39.7. The van der Waals surface area contributed by atoms with Gasteiger partial charge in [-0.2, -0.15) is 0 Å². The predicted molar refractivity (Wildman–Crippen MR) is 77.1 cm³/mol. The van der Waals surface area contributed by atoms with E-state index >= 15 is 0 Å². The Hall–Kier alpha value is -2.63. The zero-order valence-corrected chi connectivity index (χ0v) is 13.5. The minimum absolute atomic E-state index is 0.0155. The van der Waals surface area contributed by atoms with E-state index in [0.717, 1.165) is 0 Å². The van der Waals surface area contributed by atoms with Crippen LogP contribution in [0.2, 0.25) is 0 Å². The third-order valence-electron chi connectivity index (χ3n) is 2.90. The minimum atomic E-state index is -1.14. The Morgan fingerprint density at radius 2 is 2.04 bits per heavy atom. The van der Waals surface area contributed by atoms with E-state index in [1.807, 2.05) is 0 Å². The van der Waals surface area contributed by atoms with Crippen molar-refractivity contribution < 1.29 is 29.0 Å². The van der Waals surface area contributed by atoms with Crippen molar-refractivity contribution in [1.82, 2.24) is 4.90 Å². The molecule has 1 aliphatic rings. The molecule has 1 N–H and O–H groups in total. The van der Waals surface area contributed by atoms with Gasteiger partial charge in [0.05, 0.1) is 6.61 Å². The molecule has 1 unspecified atom stereocenters. The van der Waals surface area contributed by atoms with Crippen LogP contribution < -0.4 is 0 Å². The molecule has 9 nitrogen and oxygen atoms in total. The van der Waals surface area contributed by atoms with Crippen LogP contribution in [-0.4, -0.2) is 46.0 Å². The molecule has 9 heteroatoms. The van der Waals surface area contributed by atoms with Crippen molar-refractivity contribution in [3.8, 4) is 0 Å². The molecule has 0 radical (unpaired) electrons. The number of hydrogen-bond donors (Lipinski definition) is 1. The number of ether oxygens (including phenoxy) is 2. The van der Waals surface area contributed by atoms with Gasteiger partial charge in [0.2, 0.25) is 11.3 Å². The van der Waals surface area contributed by atoms with Crippen molar-refractivity contribution in [2.24, 2.45) is 0 Å². The van der Waals surface area contributed by atoms with Gasteiger partial charge in [-0.15, -0.1) is 0 Å². The maximum absolute atomic E-state index is 12.3. The standard InChI is InChI=1S/C14H19N3O6/c1-5-22-13(21)10(16-15)11(19)17-8(6-7-9(17)18)12(20)23-14(2,3)4/h8H,5-7H2,1-4H3/p+1. The highest BCUT2D eigenvalue weighted by Crippen LogP contribution is 2.25. The maximum Gasteiger partial charge on any atom is 0.528 e. The predicted octanol–water partition coefficient (Wildman–Crippen LogP) is 1.46. The van der Waals surface area contributed by atoms with Gasteiger partial charge in [0.15, 0.2) is 4.98 Å². The summed E-state index contributed by atoms with van der Waals surface area (Å²) in [5.41, 5.74) is -1.64. The molecule has 0 spiro atoms. The molecule has 2 amide bonds. The number of esters is 1. The van der Waals surface area contributed by atoms with E-state index in [0.29, 0.717) is 4.90 Å². The van der Waals surface area contributed by atoms with E-state index in [2.05, 4.69) is 4.98 Å². The number of carbonyl (C=O) groups is 3. The monoisotopic (exact) mass is 326 g/mol. The molecular weight excluding hydrogens is 306 g/mol. The van der Waals surface area contributed by atoms with Gasteiger partial charge in [-0.1, -0.05) is 0 Å². The first-order chi connectivity index (χ1) is 10.6. The van der Waals surface area contributed by atoms with Crippen LogP contribution in [0.4, 0.5) is 0 Å². The first-order valence-corrected chi connectivity index (χ1v) is 7.12. The van der Waals surface area contributed by atoms with E-state index in [-0.39, 0.29) is 19.4 Å². The number of imide groups is 1. The topological polar surface area (TPSA) is 121 Å². The van der Waals surface area contributed by atoms with E-state index < -0.39 is 41.1 Å². The lowest BCUT2D eigenvalue weighted by Crippen LogP contribution is -2.46. The van der Waals surface area contributed by atoms with Crippen molar-refractivity contribution in [3.05, 3.63) is 16.6 Å². The second-order valence-corrected chi connectivity index (χ2v) is 5.84. The zero-order chi connectivity index (χ0) is 17.8. The highest BCUT2D eigenvalue weighted by Gasteiger charge is 2.48. The van der Waals surface area contributed by atoms with E-state index in [4.69, 9.17) is 14.9 Å². The number of carbonyl (C=O) groups excluding carboxylic acids is 3. The third-order valence-corrected chi connectivity index (χ3v) is 2.90. The number of aliphatic hydroxyl groups excluding tert-OH is 1. The highest BCUT2D eigenvalue weighted by molar-refractivity contribution is 6.09. The van der Waals surface area contributed by atoms with Crippen LogP contribution in [0.5, 0.6) is 0 Å². The fourth-order valence-corrected chi connectivity index (χ4v) is 2.03. The molecule has 1 atom stereocenters. The molecule has 23 heavy (non-hydrogen) atoms. The summed E-state index contributed by atoms with van der Waals surface area (Å²) in [5.74, 6) is -3.43. The molecule has 0 saturated carbocycles. The first-order valence-electron chi connectivity index (χ1n) is 7.12. The number of hydrogen-bond acceptors (Lipinski definition) is 7. The lowest BCUT2D eigenvalue weighted by Gasteiger charge is -2.25. The van der Waals surface area contributed by atoms with Crippen LogP contribution >= 0.6 is 0 Å². The fourth-order valence-electron chi connectivity index (χ4n) is 2.03. The maximum atomic E-state index is 12.3. The molecule has 126 valence electrons. The molecule has 1 aliphatic heterocycles.